The maximum atomic E-state index is 13.3. The number of para-hydroxylation sites is 1. The molecular formula is C29H25N3O2S2. The highest BCUT2D eigenvalue weighted by molar-refractivity contribution is 8.26. The number of methoxy groups -OCH3 is 1. The second-order valence-electron chi connectivity index (χ2n) is 8.47. The Hall–Kier alpha value is -3.68. The van der Waals surface area contributed by atoms with Gasteiger partial charge in [0.15, 0.2) is 0 Å². The van der Waals surface area contributed by atoms with E-state index in [-0.39, 0.29) is 5.91 Å². The number of aryl methyl sites for hydroxylation is 1. The molecule has 1 saturated heterocycles. The van der Waals surface area contributed by atoms with Crippen LogP contribution in [0.1, 0.15) is 16.7 Å². The summed E-state index contributed by atoms with van der Waals surface area (Å²) in [4.78, 5) is 15.6. The van der Waals surface area contributed by atoms with Crippen molar-refractivity contribution >= 4 is 40.3 Å². The van der Waals surface area contributed by atoms with E-state index in [1.165, 1.54) is 17.3 Å². The first-order chi connectivity index (χ1) is 17.5. The number of thiocarbonyl (C=S) groups is 1. The molecular weight excluding hydrogens is 486 g/mol. The second-order valence-corrected chi connectivity index (χ2v) is 10.1. The lowest BCUT2D eigenvalue weighted by Gasteiger charge is -2.14. The third kappa shape index (κ3) is 4.98. The van der Waals surface area contributed by atoms with Gasteiger partial charge in [-0.15, -0.1) is 0 Å². The summed E-state index contributed by atoms with van der Waals surface area (Å²) in [5.74, 6) is 0.757. The van der Waals surface area contributed by atoms with E-state index in [4.69, 9.17) is 22.1 Å². The molecule has 1 amide bonds. The Kier molecular flexibility index (Phi) is 7.02. The molecule has 1 aliphatic rings. The average molecular weight is 512 g/mol. The van der Waals surface area contributed by atoms with E-state index in [0.29, 0.717) is 15.8 Å². The predicted octanol–water partition coefficient (Wildman–Crippen LogP) is 6.30. The number of thioether (sulfide) groups is 1. The lowest BCUT2D eigenvalue weighted by atomic mass is 10.0. The normalized spacial score (nSPS) is 14.6. The maximum absolute atomic E-state index is 13.3. The molecule has 1 aliphatic heterocycles. The highest BCUT2D eigenvalue weighted by Gasteiger charge is 2.32. The number of ether oxygens (including phenoxy) is 1. The summed E-state index contributed by atoms with van der Waals surface area (Å²) in [5.41, 5.74) is 5.73. The molecule has 0 bridgehead atoms. The van der Waals surface area contributed by atoms with Crippen LogP contribution in [0.25, 0.3) is 23.0 Å². The van der Waals surface area contributed by atoms with Gasteiger partial charge in [-0.2, -0.15) is 5.10 Å². The van der Waals surface area contributed by atoms with Crippen LogP contribution < -0.4 is 4.74 Å². The molecule has 3 aromatic carbocycles. The SMILES string of the molecule is COc1ccc(-c2nn(-c3ccccc3)cc2/C=C2/SC(=S)N(CCc3ccccc3)C2=O)cc1C. The number of carbonyl (C=O) groups excluding carboxylic acids is 1. The van der Waals surface area contributed by atoms with E-state index in [9.17, 15) is 4.79 Å². The summed E-state index contributed by atoms with van der Waals surface area (Å²) in [6.45, 7) is 2.56. The fourth-order valence-corrected chi connectivity index (χ4v) is 5.48. The molecule has 4 aromatic rings. The van der Waals surface area contributed by atoms with Crippen LogP contribution in [-0.4, -0.2) is 38.6 Å². The number of benzene rings is 3. The van der Waals surface area contributed by atoms with Gasteiger partial charge in [-0.3, -0.25) is 9.69 Å². The fraction of sp³-hybridized carbons (Fsp3) is 0.138. The molecule has 5 nitrogen and oxygen atoms in total. The Morgan fingerprint density at radius 3 is 2.44 bits per heavy atom. The zero-order valence-electron chi connectivity index (χ0n) is 20.0. The van der Waals surface area contributed by atoms with E-state index in [2.05, 4.69) is 18.2 Å². The van der Waals surface area contributed by atoms with Crippen molar-refractivity contribution in [3.63, 3.8) is 0 Å². The smallest absolute Gasteiger partial charge is 0.266 e. The van der Waals surface area contributed by atoms with Crippen molar-refractivity contribution in [3.05, 3.63) is 107 Å². The molecule has 0 N–H and O–H groups in total. The van der Waals surface area contributed by atoms with E-state index < -0.39 is 0 Å². The van der Waals surface area contributed by atoms with Gasteiger partial charge in [-0.25, -0.2) is 4.68 Å². The van der Waals surface area contributed by atoms with Crippen LogP contribution in [0.4, 0.5) is 0 Å². The molecule has 1 fully saturated rings. The first-order valence-electron chi connectivity index (χ1n) is 11.6. The third-order valence-corrected chi connectivity index (χ3v) is 7.44. The van der Waals surface area contributed by atoms with Crippen molar-refractivity contribution < 1.29 is 9.53 Å². The fourth-order valence-electron chi connectivity index (χ4n) is 4.18. The molecule has 0 radical (unpaired) electrons. The minimum Gasteiger partial charge on any atom is -0.496 e. The highest BCUT2D eigenvalue weighted by atomic mass is 32.2. The number of nitrogens with zero attached hydrogens (tertiary/aromatic N) is 3. The molecule has 36 heavy (non-hydrogen) atoms. The lowest BCUT2D eigenvalue weighted by molar-refractivity contribution is -0.122. The van der Waals surface area contributed by atoms with Crippen LogP contribution in [0.15, 0.2) is 90.0 Å². The summed E-state index contributed by atoms with van der Waals surface area (Å²) < 4.78 is 7.86. The lowest BCUT2D eigenvalue weighted by Crippen LogP contribution is -2.30. The number of hydrogen-bond donors (Lipinski definition) is 0. The minimum atomic E-state index is -0.0646. The first-order valence-corrected chi connectivity index (χ1v) is 12.9. The van der Waals surface area contributed by atoms with Crippen LogP contribution in [0, 0.1) is 6.92 Å². The topological polar surface area (TPSA) is 47.4 Å². The average Bonchev–Trinajstić information content (AvgIpc) is 3.44. The molecule has 5 rings (SSSR count). The van der Waals surface area contributed by atoms with Crippen molar-refractivity contribution in [1.82, 2.24) is 14.7 Å². The van der Waals surface area contributed by atoms with Gasteiger partial charge in [0.25, 0.3) is 5.91 Å². The molecule has 7 heteroatoms. The maximum Gasteiger partial charge on any atom is 0.266 e. The van der Waals surface area contributed by atoms with Gasteiger partial charge in [0, 0.05) is 23.9 Å². The van der Waals surface area contributed by atoms with Gasteiger partial charge >= 0.3 is 0 Å². The van der Waals surface area contributed by atoms with E-state index in [1.54, 1.807) is 12.0 Å². The van der Waals surface area contributed by atoms with E-state index in [1.807, 2.05) is 84.5 Å². The van der Waals surface area contributed by atoms with Gasteiger partial charge in [0.1, 0.15) is 15.8 Å². The summed E-state index contributed by atoms with van der Waals surface area (Å²) in [5, 5.41) is 4.89. The summed E-state index contributed by atoms with van der Waals surface area (Å²) >= 11 is 6.91. The Morgan fingerprint density at radius 2 is 1.75 bits per heavy atom. The van der Waals surface area contributed by atoms with E-state index in [0.717, 1.165) is 40.2 Å². The Bertz CT molecular complexity index is 1450. The molecule has 0 atom stereocenters. The number of rotatable bonds is 7. The minimum absolute atomic E-state index is 0.0646. The Labute approximate surface area is 220 Å². The molecule has 2 heterocycles. The van der Waals surface area contributed by atoms with Gasteiger partial charge in [-0.05, 0) is 60.9 Å². The van der Waals surface area contributed by atoms with Crippen LogP contribution in [0.3, 0.4) is 0 Å². The molecule has 0 aliphatic carbocycles. The summed E-state index contributed by atoms with van der Waals surface area (Å²) in [6, 6.07) is 26.1. The van der Waals surface area contributed by atoms with Gasteiger partial charge < -0.3 is 4.74 Å². The zero-order valence-corrected chi connectivity index (χ0v) is 21.7. The van der Waals surface area contributed by atoms with Gasteiger partial charge in [0.2, 0.25) is 0 Å². The van der Waals surface area contributed by atoms with Crippen molar-refractivity contribution in [1.29, 1.82) is 0 Å². The molecule has 0 unspecified atom stereocenters. The number of hydrogen-bond acceptors (Lipinski definition) is 5. The van der Waals surface area contributed by atoms with Crippen molar-refractivity contribution in [3.8, 4) is 22.7 Å². The number of carbonyl (C=O) groups is 1. The van der Waals surface area contributed by atoms with Gasteiger partial charge in [-0.1, -0.05) is 72.5 Å². The first kappa shape index (κ1) is 24.0. The monoisotopic (exact) mass is 511 g/mol. The summed E-state index contributed by atoms with van der Waals surface area (Å²) in [7, 11) is 1.66. The Balaban J connectivity index is 1.49. The largest absolute Gasteiger partial charge is 0.496 e. The quantitative estimate of drug-likeness (QED) is 0.215. The van der Waals surface area contributed by atoms with E-state index >= 15 is 0 Å². The Morgan fingerprint density at radius 1 is 1.03 bits per heavy atom. The zero-order chi connectivity index (χ0) is 25.1. The number of amides is 1. The predicted molar refractivity (Wildman–Crippen MR) is 150 cm³/mol. The molecule has 0 saturated carbocycles. The van der Waals surface area contributed by atoms with Crippen LogP contribution in [0.5, 0.6) is 5.75 Å². The summed E-state index contributed by atoms with van der Waals surface area (Å²) in [6.07, 6.45) is 4.62. The van der Waals surface area contributed by atoms with Crippen molar-refractivity contribution in [2.75, 3.05) is 13.7 Å². The molecule has 0 spiro atoms. The molecule has 1 aromatic heterocycles. The van der Waals surface area contributed by atoms with Crippen LogP contribution >= 0.6 is 24.0 Å². The number of aromatic nitrogens is 2. The van der Waals surface area contributed by atoms with Crippen molar-refractivity contribution in [2.24, 2.45) is 0 Å². The third-order valence-electron chi connectivity index (χ3n) is 6.06. The standard InChI is InChI=1S/C29H25N3O2S2/c1-20-17-22(13-14-25(20)34-2)27-23(19-32(30-27)24-11-7-4-8-12-24)18-26-28(33)31(29(35)36-26)16-15-21-9-5-3-6-10-21/h3-14,17-19H,15-16H2,1-2H3/b26-18+. The van der Waals surface area contributed by atoms with Gasteiger partial charge in [0.05, 0.1) is 17.7 Å². The molecule has 180 valence electrons. The van der Waals surface area contributed by atoms with Crippen LogP contribution in [0.2, 0.25) is 0 Å². The van der Waals surface area contributed by atoms with Crippen LogP contribution in [-0.2, 0) is 11.2 Å². The second kappa shape index (κ2) is 10.5. The van der Waals surface area contributed by atoms with Crippen molar-refractivity contribution in [2.45, 2.75) is 13.3 Å². The highest BCUT2D eigenvalue weighted by Crippen LogP contribution is 2.35.